The van der Waals surface area contributed by atoms with Crippen molar-refractivity contribution in [2.24, 2.45) is 5.92 Å². The molecule has 2 aliphatic heterocycles. The first-order valence-corrected chi connectivity index (χ1v) is 10.5. The maximum atomic E-state index is 14.1. The average Bonchev–Trinajstić information content (AvgIpc) is 3.07. The number of halogens is 1. The van der Waals surface area contributed by atoms with Crippen molar-refractivity contribution in [2.45, 2.75) is 38.1 Å². The summed E-state index contributed by atoms with van der Waals surface area (Å²) < 4.78 is 19.3. The zero-order valence-electron chi connectivity index (χ0n) is 17.2. The number of imide groups is 1. The highest BCUT2D eigenvalue weighted by Crippen LogP contribution is 2.31. The van der Waals surface area contributed by atoms with Gasteiger partial charge in [0.15, 0.2) is 0 Å². The van der Waals surface area contributed by atoms with Gasteiger partial charge in [0.2, 0.25) is 5.91 Å². The summed E-state index contributed by atoms with van der Waals surface area (Å²) in [6, 6.07) is 13.7. The van der Waals surface area contributed by atoms with Crippen LogP contribution >= 0.6 is 0 Å². The molecule has 2 aromatic rings. The third-order valence-electron chi connectivity index (χ3n) is 6.31. The van der Waals surface area contributed by atoms with Crippen LogP contribution in [0.15, 0.2) is 48.5 Å². The van der Waals surface area contributed by atoms with Crippen LogP contribution in [-0.4, -0.2) is 43.0 Å². The first kappa shape index (κ1) is 20.5. The topological polar surface area (TPSA) is 49.9 Å². The van der Waals surface area contributed by atoms with Crippen molar-refractivity contribution >= 4 is 17.5 Å². The number of nitrogens with zero attached hydrogens (tertiary/aromatic N) is 2. The number of rotatable bonds is 6. The highest BCUT2D eigenvalue weighted by atomic mass is 19.1. The summed E-state index contributed by atoms with van der Waals surface area (Å²) >= 11 is 0. The number of benzene rings is 2. The second-order valence-corrected chi connectivity index (χ2v) is 8.10. The van der Waals surface area contributed by atoms with Crippen molar-refractivity contribution < 1.29 is 18.7 Å². The molecule has 2 aromatic carbocycles. The summed E-state index contributed by atoms with van der Waals surface area (Å²) in [6.07, 6.45) is 4.28. The lowest BCUT2D eigenvalue weighted by molar-refractivity contribution is -0.123. The lowest BCUT2D eigenvalue weighted by Crippen LogP contribution is -2.46. The van der Waals surface area contributed by atoms with Crippen LogP contribution < -0.4 is 9.64 Å². The molecule has 2 aliphatic rings. The summed E-state index contributed by atoms with van der Waals surface area (Å²) in [5.41, 5.74) is 1.36. The fourth-order valence-corrected chi connectivity index (χ4v) is 4.50. The molecule has 5 nitrogen and oxygen atoms in total. The Kier molecular flexibility index (Phi) is 6.13. The molecule has 4 rings (SSSR count). The quantitative estimate of drug-likeness (QED) is 0.680. The number of para-hydroxylation sites is 1. The number of amides is 2. The van der Waals surface area contributed by atoms with Gasteiger partial charge in [-0.25, -0.2) is 9.29 Å². The van der Waals surface area contributed by atoms with Gasteiger partial charge in [-0.3, -0.25) is 14.5 Å². The normalized spacial score (nSPS) is 20.7. The number of ether oxygens (including phenoxy) is 1. The van der Waals surface area contributed by atoms with Gasteiger partial charge in [-0.05, 0) is 74.5 Å². The van der Waals surface area contributed by atoms with Crippen LogP contribution in [0.2, 0.25) is 0 Å². The van der Waals surface area contributed by atoms with Crippen LogP contribution in [0, 0.1) is 11.7 Å². The monoisotopic (exact) mass is 410 g/mol. The maximum Gasteiger partial charge on any atom is 0.251 e. The van der Waals surface area contributed by atoms with Crippen molar-refractivity contribution in [2.75, 3.05) is 25.1 Å². The Bertz CT molecular complexity index is 907. The van der Waals surface area contributed by atoms with Crippen LogP contribution in [-0.2, 0) is 16.0 Å². The predicted molar refractivity (Wildman–Crippen MR) is 113 cm³/mol. The molecule has 0 saturated carbocycles. The molecule has 0 N–H and O–H groups in total. The van der Waals surface area contributed by atoms with E-state index in [0.717, 1.165) is 49.4 Å². The van der Waals surface area contributed by atoms with Crippen molar-refractivity contribution in [3.8, 4) is 5.75 Å². The molecule has 30 heavy (non-hydrogen) atoms. The van der Waals surface area contributed by atoms with Gasteiger partial charge < -0.3 is 4.74 Å². The molecule has 2 saturated heterocycles. The standard InChI is InChI=1S/C24H27FN2O3/c1-30-19-10-8-17(9-11-19)6-7-18-12-14-26(15-13-18)22-16-23(28)27(24(22)29)21-5-3-2-4-20(21)25/h2-5,8-11,18,22H,6-7,12-16H2,1H3/t22-/m0/s1. The van der Waals surface area contributed by atoms with Gasteiger partial charge in [0.25, 0.3) is 5.91 Å². The van der Waals surface area contributed by atoms with Crippen molar-refractivity contribution in [3.05, 3.63) is 59.9 Å². The first-order valence-electron chi connectivity index (χ1n) is 10.5. The van der Waals surface area contributed by atoms with E-state index in [4.69, 9.17) is 4.74 Å². The van der Waals surface area contributed by atoms with Crippen molar-refractivity contribution in [3.63, 3.8) is 0 Å². The van der Waals surface area contributed by atoms with Crippen molar-refractivity contribution in [1.29, 1.82) is 0 Å². The molecule has 0 spiro atoms. The molecule has 1 atom stereocenters. The molecule has 6 heteroatoms. The third-order valence-corrected chi connectivity index (χ3v) is 6.31. The lowest BCUT2D eigenvalue weighted by Gasteiger charge is -2.34. The molecule has 0 aliphatic carbocycles. The summed E-state index contributed by atoms with van der Waals surface area (Å²) in [5.74, 6) is 0.307. The number of carbonyl (C=O) groups is 2. The average molecular weight is 410 g/mol. The zero-order chi connectivity index (χ0) is 21.1. The molecular formula is C24H27FN2O3. The SMILES string of the molecule is COc1ccc(CCC2CCN([C@H]3CC(=O)N(c4ccccc4F)C3=O)CC2)cc1. The largest absolute Gasteiger partial charge is 0.497 e. The number of anilines is 1. The Labute approximate surface area is 176 Å². The molecule has 0 radical (unpaired) electrons. The molecular weight excluding hydrogens is 383 g/mol. The molecule has 2 heterocycles. The third kappa shape index (κ3) is 4.24. The highest BCUT2D eigenvalue weighted by Gasteiger charge is 2.44. The first-order chi connectivity index (χ1) is 14.6. The minimum absolute atomic E-state index is 0.0596. The number of hydrogen-bond donors (Lipinski definition) is 0. The predicted octanol–water partition coefficient (Wildman–Crippen LogP) is 3.81. The van der Waals surface area contributed by atoms with Crippen LogP contribution in [0.4, 0.5) is 10.1 Å². The van der Waals surface area contributed by atoms with Gasteiger partial charge in [0.1, 0.15) is 11.6 Å². The maximum absolute atomic E-state index is 14.1. The summed E-state index contributed by atoms with van der Waals surface area (Å²) in [6.45, 7) is 1.59. The Morgan fingerprint density at radius 1 is 1.03 bits per heavy atom. The fraction of sp³-hybridized carbons (Fsp3) is 0.417. The van der Waals surface area contributed by atoms with E-state index in [1.54, 1.807) is 19.2 Å². The second kappa shape index (κ2) is 8.96. The number of likely N-dealkylation sites (tertiary alicyclic amines) is 1. The van der Waals surface area contributed by atoms with E-state index in [9.17, 15) is 14.0 Å². The Hall–Kier alpha value is -2.73. The minimum atomic E-state index is -0.544. The molecule has 158 valence electrons. The Morgan fingerprint density at radius 2 is 1.73 bits per heavy atom. The van der Waals surface area contributed by atoms with E-state index >= 15 is 0 Å². The number of hydrogen-bond acceptors (Lipinski definition) is 4. The zero-order valence-corrected chi connectivity index (χ0v) is 17.2. The highest BCUT2D eigenvalue weighted by molar-refractivity contribution is 6.22. The van der Waals surface area contributed by atoms with E-state index in [-0.39, 0.29) is 23.9 Å². The van der Waals surface area contributed by atoms with Gasteiger partial charge in [0, 0.05) is 0 Å². The van der Waals surface area contributed by atoms with E-state index < -0.39 is 11.9 Å². The number of aryl methyl sites for hydroxylation is 1. The van der Waals surface area contributed by atoms with Gasteiger partial charge in [-0.1, -0.05) is 24.3 Å². The number of methoxy groups -OCH3 is 1. The fourth-order valence-electron chi connectivity index (χ4n) is 4.50. The Balaban J connectivity index is 1.31. The van der Waals surface area contributed by atoms with Gasteiger partial charge in [-0.15, -0.1) is 0 Å². The van der Waals surface area contributed by atoms with Gasteiger partial charge in [0.05, 0.1) is 25.3 Å². The number of piperidine rings is 1. The van der Waals surface area contributed by atoms with E-state index in [1.807, 2.05) is 12.1 Å². The molecule has 0 bridgehead atoms. The van der Waals surface area contributed by atoms with Crippen LogP contribution in [0.5, 0.6) is 5.75 Å². The summed E-state index contributed by atoms with van der Waals surface area (Å²) in [5, 5.41) is 0. The number of carbonyl (C=O) groups excluding carboxylic acids is 2. The van der Waals surface area contributed by atoms with E-state index in [0.29, 0.717) is 5.92 Å². The Morgan fingerprint density at radius 3 is 2.40 bits per heavy atom. The summed E-state index contributed by atoms with van der Waals surface area (Å²) in [4.78, 5) is 28.5. The summed E-state index contributed by atoms with van der Waals surface area (Å²) in [7, 11) is 1.67. The molecule has 2 fully saturated rings. The second-order valence-electron chi connectivity index (χ2n) is 8.10. The smallest absolute Gasteiger partial charge is 0.251 e. The van der Waals surface area contributed by atoms with Crippen LogP contribution in [0.25, 0.3) is 0 Å². The van der Waals surface area contributed by atoms with E-state index in [1.165, 1.54) is 17.7 Å². The lowest BCUT2D eigenvalue weighted by atomic mass is 9.90. The van der Waals surface area contributed by atoms with Crippen LogP contribution in [0.3, 0.4) is 0 Å². The van der Waals surface area contributed by atoms with Crippen LogP contribution in [0.1, 0.15) is 31.2 Å². The molecule has 0 unspecified atom stereocenters. The molecule has 2 amide bonds. The van der Waals surface area contributed by atoms with Gasteiger partial charge in [-0.2, -0.15) is 0 Å². The van der Waals surface area contributed by atoms with E-state index in [2.05, 4.69) is 17.0 Å². The van der Waals surface area contributed by atoms with Gasteiger partial charge >= 0.3 is 0 Å². The minimum Gasteiger partial charge on any atom is -0.497 e. The molecule has 0 aromatic heterocycles. The van der Waals surface area contributed by atoms with Crippen molar-refractivity contribution in [1.82, 2.24) is 4.90 Å².